The molecule has 0 heterocycles. The topological polar surface area (TPSA) is 121 Å². The minimum Gasteiger partial charge on any atom is -0.467 e. The van der Waals surface area contributed by atoms with Gasteiger partial charge >= 0.3 is 0 Å². The van der Waals surface area contributed by atoms with Crippen molar-refractivity contribution in [3.05, 3.63) is 0 Å². The number of sulfone groups is 2. The molecule has 0 fully saturated rings. The zero-order valence-corrected chi connectivity index (χ0v) is 10.4. The summed E-state index contributed by atoms with van der Waals surface area (Å²) >= 11 is 0. The lowest BCUT2D eigenvalue weighted by atomic mass is 10.9. The SMILES string of the molecule is O=COCCS(=O)(=O)CS(=O)(=O)CCOC=O. The third-order valence-electron chi connectivity index (χ3n) is 1.52. The van der Waals surface area contributed by atoms with E-state index in [1.54, 1.807) is 0 Å². The van der Waals surface area contributed by atoms with E-state index < -0.39 is 49.5 Å². The standard InChI is InChI=1S/C7H12O8S2/c8-5-14-1-3-16(10,11)7-17(12,13)4-2-15-6-9/h5-6H,1-4,7H2. The van der Waals surface area contributed by atoms with Gasteiger partial charge in [0.05, 0.1) is 11.5 Å². The Labute approximate surface area is 98.7 Å². The molecule has 0 amide bonds. The first-order valence-electron chi connectivity index (χ1n) is 4.34. The van der Waals surface area contributed by atoms with Crippen molar-refractivity contribution >= 4 is 32.6 Å². The van der Waals surface area contributed by atoms with E-state index in [1.165, 1.54) is 0 Å². The fourth-order valence-electron chi connectivity index (χ4n) is 0.838. The molecule has 0 aliphatic rings. The van der Waals surface area contributed by atoms with Crippen LogP contribution >= 0.6 is 0 Å². The summed E-state index contributed by atoms with van der Waals surface area (Å²) in [5.41, 5.74) is 0. The van der Waals surface area contributed by atoms with Crippen LogP contribution in [0.5, 0.6) is 0 Å². The maximum absolute atomic E-state index is 11.3. The minimum atomic E-state index is -3.86. The normalized spacial score (nSPS) is 11.8. The predicted octanol–water partition coefficient (Wildman–Crippen LogP) is -1.88. The number of hydrogen-bond donors (Lipinski definition) is 0. The van der Waals surface area contributed by atoms with Gasteiger partial charge in [0.15, 0.2) is 24.8 Å². The molecule has 0 atom stereocenters. The molecule has 0 unspecified atom stereocenters. The maximum atomic E-state index is 11.3. The molecule has 0 N–H and O–H groups in total. The Kier molecular flexibility index (Phi) is 6.73. The summed E-state index contributed by atoms with van der Waals surface area (Å²) in [4.78, 5) is 19.5. The second-order valence-corrected chi connectivity index (χ2v) is 7.68. The average Bonchev–Trinajstić information content (AvgIpc) is 2.16. The van der Waals surface area contributed by atoms with E-state index in [0.29, 0.717) is 0 Å². The molecule has 17 heavy (non-hydrogen) atoms. The van der Waals surface area contributed by atoms with Gasteiger partial charge in [-0.2, -0.15) is 0 Å². The van der Waals surface area contributed by atoms with Gasteiger partial charge in [-0.05, 0) is 0 Å². The summed E-state index contributed by atoms with van der Waals surface area (Å²) in [6.45, 7) is -0.651. The molecule has 0 spiro atoms. The van der Waals surface area contributed by atoms with Crippen molar-refractivity contribution in [2.45, 2.75) is 0 Å². The third kappa shape index (κ3) is 8.63. The van der Waals surface area contributed by atoms with Crippen LogP contribution in [-0.4, -0.2) is 59.6 Å². The molecule has 0 aromatic carbocycles. The fraction of sp³-hybridized carbons (Fsp3) is 0.714. The van der Waals surface area contributed by atoms with E-state index in [-0.39, 0.29) is 12.9 Å². The summed E-state index contributed by atoms with van der Waals surface area (Å²) in [6.07, 6.45) is 0. The van der Waals surface area contributed by atoms with Crippen LogP contribution in [0, 0.1) is 0 Å². The van der Waals surface area contributed by atoms with E-state index in [4.69, 9.17) is 0 Å². The number of hydrogen-bond acceptors (Lipinski definition) is 8. The van der Waals surface area contributed by atoms with E-state index in [2.05, 4.69) is 9.47 Å². The molecule has 0 saturated heterocycles. The first-order valence-corrected chi connectivity index (χ1v) is 7.98. The smallest absolute Gasteiger partial charge is 0.293 e. The molecular formula is C7H12O8S2. The molecule has 0 aliphatic heterocycles. The van der Waals surface area contributed by atoms with Crippen molar-refractivity contribution < 1.29 is 35.9 Å². The van der Waals surface area contributed by atoms with Gasteiger partial charge in [0.2, 0.25) is 0 Å². The first kappa shape index (κ1) is 15.8. The molecule has 0 aromatic rings. The molecule has 100 valence electrons. The Morgan fingerprint density at radius 1 is 0.765 bits per heavy atom. The van der Waals surface area contributed by atoms with Gasteiger partial charge in [-0.3, -0.25) is 9.59 Å². The van der Waals surface area contributed by atoms with Crippen LogP contribution in [-0.2, 0) is 38.7 Å². The van der Waals surface area contributed by atoms with Crippen molar-refractivity contribution in [2.75, 3.05) is 29.8 Å². The third-order valence-corrected chi connectivity index (χ3v) is 5.97. The molecule has 8 nitrogen and oxygen atoms in total. The molecule has 0 saturated carbocycles. The van der Waals surface area contributed by atoms with Gasteiger partial charge in [0.25, 0.3) is 12.9 Å². The summed E-state index contributed by atoms with van der Waals surface area (Å²) in [5, 5.41) is -1.07. The van der Waals surface area contributed by atoms with Crippen molar-refractivity contribution in [1.29, 1.82) is 0 Å². The van der Waals surface area contributed by atoms with Crippen LogP contribution in [0.3, 0.4) is 0 Å². The zero-order chi connectivity index (χ0) is 13.4. The zero-order valence-electron chi connectivity index (χ0n) is 8.77. The molecule has 10 heteroatoms. The van der Waals surface area contributed by atoms with E-state index in [9.17, 15) is 26.4 Å². The second-order valence-electron chi connectivity index (χ2n) is 2.95. The van der Waals surface area contributed by atoms with Gasteiger partial charge < -0.3 is 9.47 Å². The monoisotopic (exact) mass is 288 g/mol. The van der Waals surface area contributed by atoms with Gasteiger partial charge in [0.1, 0.15) is 13.2 Å². The predicted molar refractivity (Wildman–Crippen MR) is 56.5 cm³/mol. The summed E-state index contributed by atoms with van der Waals surface area (Å²) < 4.78 is 53.4. The Hall–Kier alpha value is -1.16. The molecule has 0 bridgehead atoms. The van der Waals surface area contributed by atoms with Crippen molar-refractivity contribution in [1.82, 2.24) is 0 Å². The fourth-order valence-corrected chi connectivity index (χ4v) is 4.67. The molecule has 0 aliphatic carbocycles. The van der Waals surface area contributed by atoms with Crippen molar-refractivity contribution in [3.8, 4) is 0 Å². The lowest BCUT2D eigenvalue weighted by Crippen LogP contribution is -2.25. The van der Waals surface area contributed by atoms with E-state index in [1.807, 2.05) is 0 Å². The van der Waals surface area contributed by atoms with E-state index in [0.717, 1.165) is 0 Å². The quantitative estimate of drug-likeness (QED) is 0.338. The number of carbonyl (C=O) groups excluding carboxylic acids is 2. The summed E-state index contributed by atoms with van der Waals surface area (Å²) in [6, 6.07) is 0. The second kappa shape index (κ2) is 7.22. The Bertz CT molecular complexity index is 392. The van der Waals surface area contributed by atoms with Crippen molar-refractivity contribution in [2.24, 2.45) is 0 Å². The largest absolute Gasteiger partial charge is 0.467 e. The number of carbonyl (C=O) groups is 2. The molecule has 0 rings (SSSR count). The van der Waals surface area contributed by atoms with Gasteiger partial charge in [0, 0.05) is 0 Å². The van der Waals surface area contributed by atoms with Gasteiger partial charge in [-0.25, -0.2) is 16.8 Å². The average molecular weight is 288 g/mol. The Morgan fingerprint density at radius 3 is 1.41 bits per heavy atom. The molecule has 0 aromatic heterocycles. The summed E-state index contributed by atoms with van der Waals surface area (Å²) in [7, 11) is -7.73. The lowest BCUT2D eigenvalue weighted by molar-refractivity contribution is -0.128. The van der Waals surface area contributed by atoms with Crippen LogP contribution < -0.4 is 0 Å². The minimum absolute atomic E-state index is 0.0714. The van der Waals surface area contributed by atoms with Crippen molar-refractivity contribution in [3.63, 3.8) is 0 Å². The lowest BCUT2D eigenvalue weighted by Gasteiger charge is -2.05. The molecular weight excluding hydrogens is 276 g/mol. The van der Waals surface area contributed by atoms with Crippen LogP contribution in [0.15, 0.2) is 0 Å². The molecule has 0 radical (unpaired) electrons. The highest BCUT2D eigenvalue weighted by Crippen LogP contribution is 2.00. The number of rotatable bonds is 10. The highest BCUT2D eigenvalue weighted by molar-refractivity contribution is 8.08. The maximum Gasteiger partial charge on any atom is 0.293 e. The van der Waals surface area contributed by atoms with E-state index >= 15 is 0 Å². The summed E-state index contributed by atoms with van der Waals surface area (Å²) in [5.74, 6) is -1.14. The first-order chi connectivity index (χ1) is 7.83. The van der Waals surface area contributed by atoms with Crippen LogP contribution in [0.2, 0.25) is 0 Å². The highest BCUT2D eigenvalue weighted by atomic mass is 32.3. The van der Waals surface area contributed by atoms with Gasteiger partial charge in [-0.15, -0.1) is 0 Å². The highest BCUT2D eigenvalue weighted by Gasteiger charge is 2.22. The Balaban J connectivity index is 4.28. The Morgan fingerprint density at radius 2 is 1.12 bits per heavy atom. The number of ether oxygens (including phenoxy) is 2. The van der Waals surface area contributed by atoms with Crippen LogP contribution in [0.1, 0.15) is 0 Å². The van der Waals surface area contributed by atoms with Crippen LogP contribution in [0.4, 0.5) is 0 Å². The van der Waals surface area contributed by atoms with Gasteiger partial charge in [-0.1, -0.05) is 0 Å². The van der Waals surface area contributed by atoms with Crippen LogP contribution in [0.25, 0.3) is 0 Å².